The number of nitrogens with zero attached hydrogens (tertiary/aromatic N) is 3. The fraction of sp³-hybridized carbons (Fsp3) is 0.333. The molecule has 3 rings (SSSR count). The summed E-state index contributed by atoms with van der Waals surface area (Å²) in [4.78, 5) is 9.89. The quantitative estimate of drug-likeness (QED) is 0.775. The van der Waals surface area contributed by atoms with Crippen molar-refractivity contribution in [2.75, 3.05) is 18.0 Å². The Bertz CT molecular complexity index is 666. The Morgan fingerprint density at radius 3 is 2.41 bits per heavy atom. The smallest absolute Gasteiger partial charge is 0.251 e. The zero-order chi connectivity index (χ0) is 15.7. The highest BCUT2D eigenvalue weighted by atomic mass is 35.5. The van der Waals surface area contributed by atoms with Gasteiger partial charge in [0.05, 0.1) is 23.1 Å². The first-order valence-corrected chi connectivity index (χ1v) is 7.23. The lowest BCUT2D eigenvalue weighted by molar-refractivity contribution is -0.0220. The third-order valence-electron chi connectivity index (χ3n) is 3.70. The van der Waals surface area contributed by atoms with Crippen LogP contribution in [0.5, 0.6) is 0 Å². The number of anilines is 1. The zero-order valence-corrected chi connectivity index (χ0v) is 12.3. The summed E-state index contributed by atoms with van der Waals surface area (Å²) in [5.41, 5.74) is 1.43. The Balaban J connectivity index is 1.78. The summed E-state index contributed by atoms with van der Waals surface area (Å²) in [7, 11) is 0. The average molecular weight is 328 g/mol. The molecule has 0 unspecified atom stereocenters. The largest absolute Gasteiger partial charge is 0.370 e. The number of aromatic nitrogens is 2. The van der Waals surface area contributed by atoms with E-state index in [1.54, 1.807) is 18.3 Å². The van der Waals surface area contributed by atoms with Crippen LogP contribution in [0.3, 0.4) is 0 Å². The first-order valence-electron chi connectivity index (χ1n) is 6.85. The average Bonchev–Trinajstić information content (AvgIpc) is 2.48. The van der Waals surface area contributed by atoms with E-state index >= 15 is 0 Å². The lowest BCUT2D eigenvalue weighted by atomic mass is 10.1. The Morgan fingerprint density at radius 1 is 1.09 bits per heavy atom. The molecule has 2 aromatic heterocycles. The van der Waals surface area contributed by atoms with Crippen molar-refractivity contribution in [3.63, 3.8) is 0 Å². The number of piperidine rings is 1. The van der Waals surface area contributed by atoms with Gasteiger partial charge in [-0.2, -0.15) is 0 Å². The topological polar surface area (TPSA) is 29.0 Å². The first-order chi connectivity index (χ1) is 10.4. The normalized spacial score (nSPS) is 17.5. The van der Waals surface area contributed by atoms with Crippen molar-refractivity contribution in [2.24, 2.45) is 0 Å². The molecule has 0 radical (unpaired) electrons. The summed E-state index contributed by atoms with van der Waals surface area (Å²) in [5.74, 6) is -3.08. The van der Waals surface area contributed by atoms with Gasteiger partial charge in [-0.3, -0.25) is 4.98 Å². The van der Waals surface area contributed by atoms with E-state index in [2.05, 4.69) is 9.97 Å². The van der Waals surface area contributed by atoms with Gasteiger partial charge in [0, 0.05) is 38.2 Å². The van der Waals surface area contributed by atoms with Crippen LogP contribution in [-0.4, -0.2) is 29.0 Å². The molecule has 0 aromatic carbocycles. The highest BCUT2D eigenvalue weighted by molar-refractivity contribution is 6.29. The number of halogens is 4. The number of hydrogen-bond donors (Lipinski definition) is 0. The van der Waals surface area contributed by atoms with Crippen LogP contribution in [0.25, 0.3) is 11.3 Å². The van der Waals surface area contributed by atoms with Crippen molar-refractivity contribution >= 4 is 17.3 Å². The molecule has 0 N–H and O–H groups in total. The lowest BCUT2D eigenvalue weighted by Crippen LogP contribution is -2.39. The van der Waals surface area contributed by atoms with Crippen molar-refractivity contribution in [3.05, 3.63) is 41.6 Å². The van der Waals surface area contributed by atoms with Crippen molar-refractivity contribution < 1.29 is 13.2 Å². The lowest BCUT2D eigenvalue weighted by Gasteiger charge is -2.33. The molecular formula is C15H13ClF3N3. The molecule has 0 saturated carbocycles. The van der Waals surface area contributed by atoms with Gasteiger partial charge in [-0.15, -0.1) is 0 Å². The van der Waals surface area contributed by atoms with Crippen LogP contribution in [0.1, 0.15) is 12.8 Å². The molecule has 3 nitrogen and oxygen atoms in total. The Kier molecular flexibility index (Phi) is 3.95. The van der Waals surface area contributed by atoms with Gasteiger partial charge < -0.3 is 4.90 Å². The molecule has 0 spiro atoms. The summed E-state index contributed by atoms with van der Waals surface area (Å²) >= 11 is 5.61. The monoisotopic (exact) mass is 327 g/mol. The molecule has 7 heteroatoms. The van der Waals surface area contributed by atoms with Gasteiger partial charge in [-0.05, 0) is 12.1 Å². The van der Waals surface area contributed by atoms with Crippen LogP contribution >= 0.6 is 11.6 Å². The Hall–Kier alpha value is -1.82. The molecule has 3 heterocycles. The molecule has 1 saturated heterocycles. The van der Waals surface area contributed by atoms with Gasteiger partial charge >= 0.3 is 0 Å². The van der Waals surface area contributed by atoms with Crippen LogP contribution in [0.15, 0.2) is 30.6 Å². The summed E-state index contributed by atoms with van der Waals surface area (Å²) in [6.07, 6.45) is 2.56. The summed E-state index contributed by atoms with van der Waals surface area (Å²) in [6, 6.07) is 4.52. The van der Waals surface area contributed by atoms with Crippen LogP contribution in [0.2, 0.25) is 5.15 Å². The number of alkyl halides is 2. The minimum Gasteiger partial charge on any atom is -0.370 e. The third kappa shape index (κ3) is 3.16. The predicted molar refractivity (Wildman–Crippen MR) is 78.8 cm³/mol. The van der Waals surface area contributed by atoms with E-state index < -0.39 is 11.7 Å². The Labute approximate surface area is 130 Å². The molecule has 22 heavy (non-hydrogen) atoms. The molecule has 0 amide bonds. The fourth-order valence-corrected chi connectivity index (χ4v) is 2.57. The second-order valence-electron chi connectivity index (χ2n) is 5.23. The molecule has 116 valence electrons. The maximum absolute atomic E-state index is 13.8. The van der Waals surface area contributed by atoms with Crippen molar-refractivity contribution in [1.29, 1.82) is 0 Å². The maximum Gasteiger partial charge on any atom is 0.251 e. The second kappa shape index (κ2) is 5.76. The molecule has 0 atom stereocenters. The number of rotatable bonds is 2. The van der Waals surface area contributed by atoms with Crippen molar-refractivity contribution in [1.82, 2.24) is 9.97 Å². The van der Waals surface area contributed by atoms with Gasteiger partial charge in [0.2, 0.25) is 0 Å². The van der Waals surface area contributed by atoms with E-state index in [-0.39, 0.29) is 36.6 Å². The molecule has 0 bridgehead atoms. The van der Waals surface area contributed by atoms with Gasteiger partial charge in [-0.1, -0.05) is 11.6 Å². The highest BCUT2D eigenvalue weighted by Gasteiger charge is 2.34. The van der Waals surface area contributed by atoms with E-state index in [1.165, 1.54) is 6.20 Å². The van der Waals surface area contributed by atoms with Gasteiger partial charge in [0.1, 0.15) is 11.0 Å². The fourth-order valence-electron chi connectivity index (χ4n) is 2.42. The maximum atomic E-state index is 13.8. The molecule has 1 aliphatic rings. The van der Waals surface area contributed by atoms with E-state index in [9.17, 15) is 13.2 Å². The third-order valence-corrected chi connectivity index (χ3v) is 3.91. The summed E-state index contributed by atoms with van der Waals surface area (Å²) in [5, 5.41) is 0.0760. The number of hydrogen-bond acceptors (Lipinski definition) is 3. The highest BCUT2D eigenvalue weighted by Crippen LogP contribution is 2.31. The van der Waals surface area contributed by atoms with Crippen LogP contribution in [0, 0.1) is 5.82 Å². The summed E-state index contributed by atoms with van der Waals surface area (Å²) < 4.78 is 40.1. The van der Waals surface area contributed by atoms with E-state index in [4.69, 9.17) is 11.6 Å². The van der Waals surface area contributed by atoms with E-state index in [1.807, 2.05) is 4.90 Å². The molecule has 1 aliphatic heterocycles. The van der Waals surface area contributed by atoms with Gasteiger partial charge in [-0.25, -0.2) is 18.2 Å². The zero-order valence-electron chi connectivity index (χ0n) is 11.6. The molecule has 0 aliphatic carbocycles. The van der Waals surface area contributed by atoms with Crippen molar-refractivity contribution in [3.8, 4) is 11.3 Å². The van der Waals surface area contributed by atoms with Crippen LogP contribution in [0.4, 0.5) is 18.9 Å². The van der Waals surface area contributed by atoms with Crippen LogP contribution < -0.4 is 4.90 Å². The first kappa shape index (κ1) is 15.1. The second-order valence-corrected chi connectivity index (χ2v) is 5.62. The van der Waals surface area contributed by atoms with E-state index in [0.29, 0.717) is 5.69 Å². The van der Waals surface area contributed by atoms with E-state index in [0.717, 1.165) is 11.8 Å². The predicted octanol–water partition coefficient (Wildman–Crippen LogP) is 4.17. The van der Waals surface area contributed by atoms with Gasteiger partial charge in [0.25, 0.3) is 5.92 Å². The summed E-state index contributed by atoms with van der Waals surface area (Å²) in [6.45, 7) is 0.565. The minimum atomic E-state index is -2.58. The minimum absolute atomic E-state index is 0.0760. The van der Waals surface area contributed by atoms with Crippen molar-refractivity contribution in [2.45, 2.75) is 18.8 Å². The molecule has 1 fully saturated rings. The molecule has 2 aromatic rings. The molecular weight excluding hydrogens is 315 g/mol. The Morgan fingerprint density at radius 2 is 1.82 bits per heavy atom. The standard InChI is InChI=1S/C15H13ClF3N3/c16-14-7-12(17)11(9-21-14)13-2-1-10(8-20-13)22-5-3-15(18,19)4-6-22/h1-2,7-9H,3-6H2. The number of pyridine rings is 2. The van der Waals surface area contributed by atoms with Crippen LogP contribution in [-0.2, 0) is 0 Å². The van der Waals surface area contributed by atoms with Gasteiger partial charge in [0.15, 0.2) is 0 Å². The SMILES string of the molecule is Fc1cc(Cl)ncc1-c1ccc(N2CCC(F)(F)CC2)cn1.